The first-order chi connectivity index (χ1) is 14.5. The first kappa shape index (κ1) is 21.1. The number of esters is 1. The summed E-state index contributed by atoms with van der Waals surface area (Å²) < 4.78 is 6.08. The van der Waals surface area contributed by atoms with Crippen LogP contribution in [0.3, 0.4) is 0 Å². The van der Waals surface area contributed by atoms with Gasteiger partial charge in [0.15, 0.2) is 0 Å². The van der Waals surface area contributed by atoms with E-state index in [0.717, 1.165) is 21.5 Å². The summed E-state index contributed by atoms with van der Waals surface area (Å²) in [4.78, 5) is 13.1. The van der Waals surface area contributed by atoms with Gasteiger partial charge in [-0.25, -0.2) is 4.79 Å². The summed E-state index contributed by atoms with van der Waals surface area (Å²) in [5.74, 6) is 0.295. The Morgan fingerprint density at radius 1 is 0.645 bits per heavy atom. The Bertz CT molecular complexity index is 1270. The highest BCUT2D eigenvalue weighted by molar-refractivity contribution is 6.07. The minimum absolute atomic E-state index is 0.00387. The van der Waals surface area contributed by atoms with Crippen molar-refractivity contribution in [2.24, 2.45) is 0 Å². The zero-order valence-corrected chi connectivity index (χ0v) is 19.2. The first-order valence-electron chi connectivity index (χ1n) is 10.8. The largest absolute Gasteiger partial charge is 0.422 e. The van der Waals surface area contributed by atoms with Gasteiger partial charge in [-0.2, -0.15) is 0 Å². The molecular weight excluding hydrogens is 380 g/mol. The van der Waals surface area contributed by atoms with E-state index in [1.165, 1.54) is 11.1 Å². The third-order valence-electron chi connectivity index (χ3n) is 5.86. The van der Waals surface area contributed by atoms with Gasteiger partial charge in [0.1, 0.15) is 5.75 Å². The standard InChI is InChI=1S/C29H30O2/c1-28(2,3)22-14-11-19(12-15-22)27(30)31-26-24-10-8-7-9-20(24)17-21-13-16-23(18-25(21)26)29(4,5)6/h7-18H,1-6H3. The Labute approximate surface area is 184 Å². The van der Waals surface area contributed by atoms with Crippen LogP contribution < -0.4 is 4.74 Å². The third-order valence-corrected chi connectivity index (χ3v) is 5.86. The molecule has 0 heterocycles. The molecule has 0 aromatic heterocycles. The molecule has 0 radical (unpaired) electrons. The van der Waals surface area contributed by atoms with Crippen LogP contribution in [0.4, 0.5) is 0 Å². The SMILES string of the molecule is CC(C)(C)c1ccc(C(=O)Oc2c3ccccc3cc3ccc(C(C)(C)C)cc23)cc1. The summed E-state index contributed by atoms with van der Waals surface area (Å²) in [6, 6.07) is 24.4. The second kappa shape index (κ2) is 7.53. The van der Waals surface area contributed by atoms with Crippen LogP contribution in [0.1, 0.15) is 63.0 Å². The average molecular weight is 411 g/mol. The minimum Gasteiger partial charge on any atom is -0.422 e. The summed E-state index contributed by atoms with van der Waals surface area (Å²) in [6.07, 6.45) is 0. The highest BCUT2D eigenvalue weighted by Gasteiger charge is 2.19. The van der Waals surface area contributed by atoms with E-state index >= 15 is 0 Å². The lowest BCUT2D eigenvalue weighted by atomic mass is 9.85. The van der Waals surface area contributed by atoms with Gasteiger partial charge in [-0.1, -0.05) is 90.1 Å². The van der Waals surface area contributed by atoms with Crippen molar-refractivity contribution < 1.29 is 9.53 Å². The fraction of sp³-hybridized carbons (Fsp3) is 0.276. The number of hydrogen-bond acceptors (Lipinski definition) is 2. The van der Waals surface area contributed by atoms with E-state index in [2.05, 4.69) is 71.9 Å². The molecule has 0 saturated carbocycles. The van der Waals surface area contributed by atoms with E-state index in [1.54, 1.807) is 0 Å². The van der Waals surface area contributed by atoms with Gasteiger partial charge in [-0.05, 0) is 57.0 Å². The molecule has 31 heavy (non-hydrogen) atoms. The smallest absolute Gasteiger partial charge is 0.343 e. The second-order valence-electron chi connectivity index (χ2n) is 10.3. The lowest BCUT2D eigenvalue weighted by molar-refractivity contribution is 0.0739. The van der Waals surface area contributed by atoms with E-state index in [9.17, 15) is 4.79 Å². The lowest BCUT2D eigenvalue weighted by Gasteiger charge is -2.21. The Kier molecular flexibility index (Phi) is 5.13. The lowest BCUT2D eigenvalue weighted by Crippen LogP contribution is -2.13. The van der Waals surface area contributed by atoms with Crippen LogP contribution in [0.15, 0.2) is 72.8 Å². The molecule has 0 N–H and O–H groups in total. The molecule has 0 atom stereocenters. The number of carbonyl (C=O) groups excluding carboxylic acids is 1. The summed E-state index contributed by atoms with van der Waals surface area (Å²) in [7, 11) is 0. The van der Waals surface area contributed by atoms with Gasteiger partial charge in [0.25, 0.3) is 0 Å². The van der Waals surface area contributed by atoms with Crippen molar-refractivity contribution in [1.29, 1.82) is 0 Å². The van der Waals surface area contributed by atoms with E-state index in [1.807, 2.05) is 42.5 Å². The second-order valence-corrected chi connectivity index (χ2v) is 10.3. The first-order valence-corrected chi connectivity index (χ1v) is 10.8. The van der Waals surface area contributed by atoms with Crippen molar-refractivity contribution in [2.45, 2.75) is 52.4 Å². The van der Waals surface area contributed by atoms with Gasteiger partial charge in [-0.3, -0.25) is 0 Å². The Hall–Kier alpha value is -3.13. The van der Waals surface area contributed by atoms with Crippen molar-refractivity contribution in [1.82, 2.24) is 0 Å². The molecule has 0 aliphatic rings. The van der Waals surface area contributed by atoms with Gasteiger partial charge in [0.05, 0.1) is 5.56 Å². The molecule has 4 rings (SSSR count). The monoisotopic (exact) mass is 410 g/mol. The van der Waals surface area contributed by atoms with Crippen LogP contribution >= 0.6 is 0 Å². The molecule has 0 bridgehead atoms. The van der Waals surface area contributed by atoms with Crippen LogP contribution in [-0.2, 0) is 10.8 Å². The summed E-state index contributed by atoms with van der Waals surface area (Å²) >= 11 is 0. The number of carbonyl (C=O) groups is 1. The third kappa shape index (κ3) is 4.20. The molecule has 0 fully saturated rings. The molecular formula is C29H30O2. The Morgan fingerprint density at radius 2 is 1.23 bits per heavy atom. The van der Waals surface area contributed by atoms with Crippen LogP contribution in [-0.4, -0.2) is 5.97 Å². The van der Waals surface area contributed by atoms with E-state index < -0.39 is 0 Å². The Morgan fingerprint density at radius 3 is 1.87 bits per heavy atom. The van der Waals surface area contributed by atoms with Crippen molar-refractivity contribution in [3.05, 3.63) is 89.5 Å². The summed E-state index contributed by atoms with van der Waals surface area (Å²) in [6.45, 7) is 13.1. The van der Waals surface area contributed by atoms with Crippen molar-refractivity contribution in [2.75, 3.05) is 0 Å². The highest BCUT2D eigenvalue weighted by atomic mass is 16.5. The van der Waals surface area contributed by atoms with Crippen LogP contribution in [0.2, 0.25) is 0 Å². The van der Waals surface area contributed by atoms with Gasteiger partial charge < -0.3 is 4.74 Å². The topological polar surface area (TPSA) is 26.3 Å². The minimum atomic E-state index is -0.334. The molecule has 2 nitrogen and oxygen atoms in total. The number of benzene rings is 4. The fourth-order valence-electron chi connectivity index (χ4n) is 3.86. The zero-order chi connectivity index (χ0) is 22.4. The number of fused-ring (bicyclic) bond motifs is 2. The molecule has 0 spiro atoms. The quantitative estimate of drug-likeness (QED) is 0.191. The van der Waals surface area contributed by atoms with Crippen LogP contribution in [0.5, 0.6) is 5.75 Å². The molecule has 2 heteroatoms. The molecule has 158 valence electrons. The zero-order valence-electron chi connectivity index (χ0n) is 19.2. The van der Waals surface area contributed by atoms with Crippen molar-refractivity contribution in [3.8, 4) is 5.75 Å². The fourth-order valence-corrected chi connectivity index (χ4v) is 3.86. The van der Waals surface area contributed by atoms with Gasteiger partial charge in [0, 0.05) is 10.8 Å². The van der Waals surface area contributed by atoms with Crippen molar-refractivity contribution >= 4 is 27.5 Å². The van der Waals surface area contributed by atoms with Gasteiger partial charge in [-0.15, -0.1) is 0 Å². The average Bonchev–Trinajstić information content (AvgIpc) is 2.72. The molecule has 0 saturated heterocycles. The highest BCUT2D eigenvalue weighted by Crippen LogP contribution is 2.38. The van der Waals surface area contributed by atoms with Gasteiger partial charge in [0.2, 0.25) is 0 Å². The number of hydrogen-bond donors (Lipinski definition) is 0. The maximum atomic E-state index is 13.1. The molecule has 0 unspecified atom stereocenters. The van der Waals surface area contributed by atoms with Crippen LogP contribution in [0, 0.1) is 0 Å². The molecule has 0 amide bonds. The van der Waals surface area contributed by atoms with Crippen LogP contribution in [0.25, 0.3) is 21.5 Å². The normalized spacial score (nSPS) is 12.3. The Balaban J connectivity index is 1.83. The summed E-state index contributed by atoms with van der Waals surface area (Å²) in [5, 5.41) is 4.04. The van der Waals surface area contributed by atoms with Gasteiger partial charge >= 0.3 is 5.97 Å². The molecule has 0 aliphatic heterocycles. The van der Waals surface area contributed by atoms with Crippen molar-refractivity contribution in [3.63, 3.8) is 0 Å². The summed E-state index contributed by atoms with van der Waals surface area (Å²) in [5.41, 5.74) is 3.00. The van der Waals surface area contributed by atoms with E-state index in [-0.39, 0.29) is 16.8 Å². The van der Waals surface area contributed by atoms with E-state index in [0.29, 0.717) is 11.3 Å². The maximum absolute atomic E-state index is 13.1. The molecule has 4 aromatic rings. The molecule has 4 aromatic carbocycles. The number of ether oxygens (including phenoxy) is 1. The predicted octanol–water partition coefficient (Wildman–Crippen LogP) is 7.81. The predicted molar refractivity (Wildman–Crippen MR) is 130 cm³/mol. The van der Waals surface area contributed by atoms with E-state index in [4.69, 9.17) is 4.74 Å². The molecule has 0 aliphatic carbocycles. The number of rotatable bonds is 2. The maximum Gasteiger partial charge on any atom is 0.343 e.